The third kappa shape index (κ3) is 3.14. The van der Waals surface area contributed by atoms with Gasteiger partial charge in [0, 0.05) is 43.9 Å². The van der Waals surface area contributed by atoms with Crippen LogP contribution in [0, 0.1) is 5.92 Å². The Labute approximate surface area is 127 Å². The zero-order valence-corrected chi connectivity index (χ0v) is 13.1. The van der Waals surface area contributed by atoms with Crippen LogP contribution >= 0.6 is 0 Å². The Kier molecular flexibility index (Phi) is 4.61. The van der Waals surface area contributed by atoms with Gasteiger partial charge in [0.1, 0.15) is 5.82 Å². The molecule has 1 aromatic heterocycles. The lowest BCUT2D eigenvalue weighted by Crippen LogP contribution is -2.43. The minimum Gasteiger partial charge on any atom is -0.342 e. The Hall–Kier alpha value is -1.32. The number of nitrogens with zero attached hydrogens (tertiary/aromatic N) is 3. The highest BCUT2D eigenvalue weighted by molar-refractivity contribution is 5.79. The van der Waals surface area contributed by atoms with Gasteiger partial charge in [-0.15, -0.1) is 0 Å². The van der Waals surface area contributed by atoms with Gasteiger partial charge in [-0.1, -0.05) is 19.3 Å². The second-order valence-electron chi connectivity index (χ2n) is 6.53. The lowest BCUT2D eigenvalue weighted by molar-refractivity contribution is -0.137. The molecule has 1 saturated carbocycles. The molecule has 1 saturated heterocycles. The number of piperidine rings is 1. The first kappa shape index (κ1) is 14.6. The first-order chi connectivity index (χ1) is 10.3. The standard InChI is InChI=1S/C17H27N3O/c1-2-19-12-10-18-16(19)15-9-6-11-20(13-15)17(21)14-7-4-3-5-8-14/h10,12,14-15H,2-9,11,13H2,1H3/t15-/m1/s1. The van der Waals surface area contributed by atoms with Crippen molar-refractivity contribution in [2.75, 3.05) is 13.1 Å². The van der Waals surface area contributed by atoms with E-state index in [4.69, 9.17) is 0 Å². The molecule has 4 heteroatoms. The SMILES string of the molecule is CCn1ccnc1[C@@H]1CCCN(C(=O)C2CCCCC2)C1. The molecule has 1 atom stereocenters. The van der Waals surface area contributed by atoms with E-state index in [0.29, 0.717) is 17.7 Å². The molecule has 3 rings (SSSR count). The second kappa shape index (κ2) is 6.63. The number of amides is 1. The number of carbonyl (C=O) groups is 1. The van der Waals surface area contributed by atoms with Crippen molar-refractivity contribution in [1.82, 2.24) is 14.5 Å². The summed E-state index contributed by atoms with van der Waals surface area (Å²) in [4.78, 5) is 19.4. The number of aryl methyl sites for hydroxylation is 1. The van der Waals surface area contributed by atoms with Crippen molar-refractivity contribution in [3.63, 3.8) is 0 Å². The van der Waals surface area contributed by atoms with E-state index in [1.54, 1.807) is 0 Å². The molecule has 0 bridgehead atoms. The molecule has 0 N–H and O–H groups in total. The van der Waals surface area contributed by atoms with E-state index < -0.39 is 0 Å². The summed E-state index contributed by atoms with van der Waals surface area (Å²) in [6.07, 6.45) is 12.2. The van der Waals surface area contributed by atoms with Crippen LogP contribution in [0.4, 0.5) is 0 Å². The van der Waals surface area contributed by atoms with E-state index in [0.717, 1.165) is 45.3 Å². The van der Waals surface area contributed by atoms with Crippen LogP contribution < -0.4 is 0 Å². The molecule has 0 spiro atoms. The molecule has 4 nitrogen and oxygen atoms in total. The molecule has 2 heterocycles. The molecule has 0 unspecified atom stereocenters. The van der Waals surface area contributed by atoms with Crippen LogP contribution in [-0.2, 0) is 11.3 Å². The largest absolute Gasteiger partial charge is 0.342 e. The Bertz CT molecular complexity index is 476. The second-order valence-corrected chi connectivity index (χ2v) is 6.53. The Balaban J connectivity index is 1.66. The van der Waals surface area contributed by atoms with Crippen LogP contribution in [-0.4, -0.2) is 33.4 Å². The van der Waals surface area contributed by atoms with Crippen LogP contribution in [0.25, 0.3) is 0 Å². The number of likely N-dealkylation sites (tertiary alicyclic amines) is 1. The quantitative estimate of drug-likeness (QED) is 0.857. The van der Waals surface area contributed by atoms with Crippen LogP contribution in [0.5, 0.6) is 0 Å². The highest BCUT2D eigenvalue weighted by atomic mass is 16.2. The average Bonchev–Trinajstić information content (AvgIpc) is 3.04. The van der Waals surface area contributed by atoms with Crippen LogP contribution in [0.1, 0.15) is 63.6 Å². The number of carbonyl (C=O) groups excluding carboxylic acids is 1. The van der Waals surface area contributed by atoms with Crippen molar-refractivity contribution < 1.29 is 4.79 Å². The molecule has 1 amide bonds. The summed E-state index contributed by atoms with van der Waals surface area (Å²) in [5.74, 6) is 2.29. The van der Waals surface area contributed by atoms with Crippen molar-refractivity contribution >= 4 is 5.91 Å². The van der Waals surface area contributed by atoms with Crippen LogP contribution in [0.15, 0.2) is 12.4 Å². The lowest BCUT2D eigenvalue weighted by atomic mass is 9.87. The molecule has 0 radical (unpaired) electrons. The molecule has 0 aromatic carbocycles. The predicted octanol–water partition coefficient (Wildman–Crippen LogP) is 3.19. The highest BCUT2D eigenvalue weighted by Crippen LogP contribution is 2.30. The fraction of sp³-hybridized carbons (Fsp3) is 0.765. The summed E-state index contributed by atoms with van der Waals surface area (Å²) in [6.45, 7) is 4.92. The van der Waals surface area contributed by atoms with Gasteiger partial charge < -0.3 is 9.47 Å². The summed E-state index contributed by atoms with van der Waals surface area (Å²) in [5, 5.41) is 0. The van der Waals surface area contributed by atoms with Gasteiger partial charge in [0.05, 0.1) is 0 Å². The van der Waals surface area contributed by atoms with Gasteiger partial charge in [0.15, 0.2) is 0 Å². The minimum absolute atomic E-state index is 0.295. The first-order valence-electron chi connectivity index (χ1n) is 8.59. The average molecular weight is 289 g/mol. The van der Waals surface area contributed by atoms with E-state index in [2.05, 4.69) is 27.6 Å². The molecule has 2 aliphatic rings. The van der Waals surface area contributed by atoms with Crippen molar-refractivity contribution in [2.24, 2.45) is 5.92 Å². The monoisotopic (exact) mass is 289 g/mol. The van der Waals surface area contributed by atoms with Crippen molar-refractivity contribution in [3.8, 4) is 0 Å². The van der Waals surface area contributed by atoms with Gasteiger partial charge in [0.2, 0.25) is 5.91 Å². The molecule has 1 aliphatic heterocycles. The van der Waals surface area contributed by atoms with Gasteiger partial charge in [0.25, 0.3) is 0 Å². The van der Waals surface area contributed by atoms with Crippen LogP contribution in [0.2, 0.25) is 0 Å². The number of imidazole rings is 1. The zero-order valence-electron chi connectivity index (χ0n) is 13.1. The highest BCUT2D eigenvalue weighted by Gasteiger charge is 2.31. The van der Waals surface area contributed by atoms with E-state index in [1.165, 1.54) is 25.1 Å². The van der Waals surface area contributed by atoms with Gasteiger partial charge >= 0.3 is 0 Å². The maximum atomic E-state index is 12.7. The minimum atomic E-state index is 0.295. The normalized spacial score (nSPS) is 24.2. The molecular formula is C17H27N3O. The molecule has 116 valence electrons. The molecule has 1 aromatic rings. The summed E-state index contributed by atoms with van der Waals surface area (Å²) in [6, 6.07) is 0. The lowest BCUT2D eigenvalue weighted by Gasteiger charge is -2.35. The molecular weight excluding hydrogens is 262 g/mol. The number of hydrogen-bond acceptors (Lipinski definition) is 2. The fourth-order valence-electron chi connectivity index (χ4n) is 3.94. The maximum Gasteiger partial charge on any atom is 0.225 e. The summed E-state index contributed by atoms with van der Waals surface area (Å²) in [7, 11) is 0. The molecule has 1 aliphatic carbocycles. The van der Waals surface area contributed by atoms with E-state index in [9.17, 15) is 4.79 Å². The Morgan fingerprint density at radius 2 is 2.05 bits per heavy atom. The predicted molar refractivity (Wildman–Crippen MR) is 83.0 cm³/mol. The van der Waals surface area contributed by atoms with Gasteiger partial charge in [-0.3, -0.25) is 4.79 Å². The number of rotatable bonds is 3. The number of hydrogen-bond donors (Lipinski definition) is 0. The van der Waals surface area contributed by atoms with Crippen molar-refractivity contribution in [1.29, 1.82) is 0 Å². The van der Waals surface area contributed by atoms with E-state index >= 15 is 0 Å². The zero-order chi connectivity index (χ0) is 14.7. The van der Waals surface area contributed by atoms with Gasteiger partial charge in [-0.2, -0.15) is 0 Å². The third-order valence-electron chi connectivity index (χ3n) is 5.14. The molecule has 21 heavy (non-hydrogen) atoms. The molecule has 2 fully saturated rings. The smallest absolute Gasteiger partial charge is 0.225 e. The third-order valence-corrected chi connectivity index (χ3v) is 5.14. The van der Waals surface area contributed by atoms with Gasteiger partial charge in [-0.05, 0) is 32.6 Å². The van der Waals surface area contributed by atoms with E-state index in [-0.39, 0.29) is 0 Å². The van der Waals surface area contributed by atoms with Gasteiger partial charge in [-0.25, -0.2) is 4.98 Å². The maximum absolute atomic E-state index is 12.7. The van der Waals surface area contributed by atoms with Crippen molar-refractivity contribution in [2.45, 2.75) is 64.3 Å². The topological polar surface area (TPSA) is 38.1 Å². The summed E-state index contributed by atoms with van der Waals surface area (Å²) < 4.78 is 2.22. The summed E-state index contributed by atoms with van der Waals surface area (Å²) in [5.41, 5.74) is 0. The fourth-order valence-corrected chi connectivity index (χ4v) is 3.94. The van der Waals surface area contributed by atoms with Crippen molar-refractivity contribution in [3.05, 3.63) is 18.2 Å². The Morgan fingerprint density at radius 3 is 2.81 bits per heavy atom. The first-order valence-corrected chi connectivity index (χ1v) is 8.59. The van der Waals surface area contributed by atoms with Crippen LogP contribution in [0.3, 0.4) is 0 Å². The summed E-state index contributed by atoms with van der Waals surface area (Å²) >= 11 is 0. The van der Waals surface area contributed by atoms with E-state index in [1.807, 2.05) is 6.20 Å². The Morgan fingerprint density at radius 1 is 1.24 bits per heavy atom. The number of aromatic nitrogens is 2.